The van der Waals surface area contributed by atoms with E-state index >= 15 is 0 Å². The molecular weight excluding hydrogens is 262 g/mol. The number of carbonyl (C=O) groups is 2. The van der Waals surface area contributed by atoms with Gasteiger partial charge < -0.3 is 20.1 Å². The van der Waals surface area contributed by atoms with Crippen LogP contribution in [-0.2, 0) is 14.3 Å². The van der Waals surface area contributed by atoms with Gasteiger partial charge in [-0.05, 0) is 0 Å². The molecule has 0 saturated heterocycles. The van der Waals surface area contributed by atoms with Crippen molar-refractivity contribution in [3.8, 4) is 0 Å². The lowest BCUT2D eigenvalue weighted by molar-refractivity contribution is -0.153. The van der Waals surface area contributed by atoms with Crippen LogP contribution in [0.4, 0.5) is 4.79 Å². The zero-order valence-electron chi connectivity index (χ0n) is 12.0. The number of urea groups is 1. The highest BCUT2D eigenvalue weighted by Crippen LogP contribution is 2.20. The molecule has 1 aliphatic rings. The van der Waals surface area contributed by atoms with E-state index in [1.807, 2.05) is 13.8 Å². The Bertz CT molecular complexity index is 445. The Kier molecular flexibility index (Phi) is 4.91. The van der Waals surface area contributed by atoms with E-state index in [1.54, 1.807) is 7.11 Å². The van der Waals surface area contributed by atoms with Crippen molar-refractivity contribution in [1.29, 1.82) is 0 Å². The number of rotatable bonds is 6. The fraction of sp³-hybridized carbons (Fsp3) is 0.538. The SMILES string of the molecule is C=CC1=CNC(=O)NC1(N)C(=O)OCC(C)(C)COC. The summed E-state index contributed by atoms with van der Waals surface area (Å²) in [6, 6.07) is -0.578. The van der Waals surface area contributed by atoms with E-state index < -0.39 is 17.7 Å². The number of ether oxygens (including phenoxy) is 2. The second kappa shape index (κ2) is 6.06. The van der Waals surface area contributed by atoms with Crippen LogP contribution in [0.2, 0.25) is 0 Å². The quantitative estimate of drug-likeness (QED) is 0.606. The molecule has 0 aromatic heterocycles. The minimum atomic E-state index is -1.73. The van der Waals surface area contributed by atoms with Crippen LogP contribution in [0.5, 0.6) is 0 Å². The van der Waals surface area contributed by atoms with Crippen LogP contribution >= 0.6 is 0 Å². The Morgan fingerprint density at radius 2 is 2.20 bits per heavy atom. The van der Waals surface area contributed by atoms with Crippen LogP contribution in [0.3, 0.4) is 0 Å². The smallest absolute Gasteiger partial charge is 0.351 e. The highest BCUT2D eigenvalue weighted by atomic mass is 16.5. The Labute approximate surface area is 118 Å². The molecule has 1 atom stereocenters. The van der Waals surface area contributed by atoms with Gasteiger partial charge in [0.15, 0.2) is 0 Å². The Balaban J connectivity index is 2.79. The standard InChI is InChI=1S/C13H21N3O4/c1-5-9-6-15-11(18)16-13(9,14)10(17)20-8-12(2,3)7-19-4/h5-6H,1,7-8,14H2,2-4H3,(H2,15,16,18). The largest absolute Gasteiger partial charge is 0.462 e. The number of nitrogens with one attached hydrogen (secondary N) is 2. The van der Waals surface area contributed by atoms with Crippen LogP contribution in [-0.4, -0.2) is 38.0 Å². The normalized spacial score (nSPS) is 22.4. The lowest BCUT2D eigenvalue weighted by Crippen LogP contribution is -2.67. The lowest BCUT2D eigenvalue weighted by Gasteiger charge is -2.33. The Morgan fingerprint density at radius 1 is 1.55 bits per heavy atom. The molecule has 4 N–H and O–H groups in total. The van der Waals surface area contributed by atoms with Crippen LogP contribution in [0.25, 0.3) is 0 Å². The molecule has 7 nitrogen and oxygen atoms in total. The monoisotopic (exact) mass is 283 g/mol. The van der Waals surface area contributed by atoms with Gasteiger partial charge in [0.25, 0.3) is 0 Å². The highest BCUT2D eigenvalue weighted by Gasteiger charge is 2.43. The van der Waals surface area contributed by atoms with Gasteiger partial charge in [-0.25, -0.2) is 9.59 Å². The summed E-state index contributed by atoms with van der Waals surface area (Å²) >= 11 is 0. The van der Waals surface area contributed by atoms with Gasteiger partial charge in [0.05, 0.1) is 13.2 Å². The number of hydrogen-bond donors (Lipinski definition) is 3. The van der Waals surface area contributed by atoms with Gasteiger partial charge in [-0.3, -0.25) is 5.73 Å². The van der Waals surface area contributed by atoms with E-state index in [2.05, 4.69) is 17.2 Å². The molecule has 1 heterocycles. The molecule has 0 fully saturated rings. The number of carbonyl (C=O) groups excluding carboxylic acids is 2. The number of amides is 2. The minimum Gasteiger partial charge on any atom is -0.462 e. The van der Waals surface area contributed by atoms with Crippen molar-refractivity contribution in [2.24, 2.45) is 11.1 Å². The first-order chi connectivity index (χ1) is 9.25. The molecule has 0 aliphatic carbocycles. The molecular formula is C13H21N3O4. The molecule has 0 spiro atoms. The van der Waals surface area contributed by atoms with Crippen molar-refractivity contribution in [3.63, 3.8) is 0 Å². The molecule has 20 heavy (non-hydrogen) atoms. The summed E-state index contributed by atoms with van der Waals surface area (Å²) in [7, 11) is 1.57. The van der Waals surface area contributed by atoms with Crippen molar-refractivity contribution in [2.45, 2.75) is 19.5 Å². The van der Waals surface area contributed by atoms with Crippen LogP contribution in [0, 0.1) is 5.41 Å². The highest BCUT2D eigenvalue weighted by molar-refractivity contribution is 5.92. The second-order valence-electron chi connectivity index (χ2n) is 5.38. The maximum Gasteiger partial charge on any atom is 0.351 e. The van der Waals surface area contributed by atoms with Crippen molar-refractivity contribution < 1.29 is 19.1 Å². The Hall–Kier alpha value is -1.86. The average Bonchev–Trinajstić information content (AvgIpc) is 2.36. The average molecular weight is 283 g/mol. The van der Waals surface area contributed by atoms with Crippen LogP contribution in [0.1, 0.15) is 13.8 Å². The first-order valence-electron chi connectivity index (χ1n) is 6.12. The fourth-order valence-corrected chi connectivity index (χ4v) is 1.74. The first-order valence-corrected chi connectivity index (χ1v) is 6.12. The van der Waals surface area contributed by atoms with Crippen LogP contribution in [0.15, 0.2) is 24.4 Å². The molecule has 112 valence electrons. The van der Waals surface area contributed by atoms with Crippen LogP contribution < -0.4 is 16.4 Å². The second-order valence-corrected chi connectivity index (χ2v) is 5.38. The zero-order chi connectivity index (χ0) is 15.4. The van der Waals surface area contributed by atoms with E-state index in [-0.39, 0.29) is 12.0 Å². The molecule has 0 aromatic rings. The predicted octanol–water partition coefficient (Wildman–Crippen LogP) is 0.240. The molecule has 0 radical (unpaired) electrons. The molecule has 7 heteroatoms. The van der Waals surface area contributed by atoms with Crippen molar-refractivity contribution in [3.05, 3.63) is 24.4 Å². The van der Waals surface area contributed by atoms with E-state index in [0.717, 1.165) is 0 Å². The maximum absolute atomic E-state index is 12.2. The molecule has 1 unspecified atom stereocenters. The summed E-state index contributed by atoms with van der Waals surface area (Å²) in [4.78, 5) is 23.5. The summed E-state index contributed by atoms with van der Waals surface area (Å²) in [6.45, 7) is 7.88. The summed E-state index contributed by atoms with van der Waals surface area (Å²) in [6.07, 6.45) is 2.71. The molecule has 1 aliphatic heterocycles. The predicted molar refractivity (Wildman–Crippen MR) is 73.5 cm³/mol. The van der Waals surface area contributed by atoms with Gasteiger partial charge in [-0.2, -0.15) is 0 Å². The number of esters is 1. The van der Waals surface area contributed by atoms with E-state index in [9.17, 15) is 9.59 Å². The van der Waals surface area contributed by atoms with Gasteiger partial charge in [0.2, 0.25) is 5.66 Å². The molecule has 2 amide bonds. The van der Waals surface area contributed by atoms with E-state index in [1.165, 1.54) is 12.3 Å². The topological polar surface area (TPSA) is 103 Å². The van der Waals surface area contributed by atoms with Crippen molar-refractivity contribution >= 4 is 12.0 Å². The van der Waals surface area contributed by atoms with E-state index in [4.69, 9.17) is 15.2 Å². The minimum absolute atomic E-state index is 0.117. The van der Waals surface area contributed by atoms with Gasteiger partial charge in [0.1, 0.15) is 0 Å². The van der Waals surface area contributed by atoms with E-state index in [0.29, 0.717) is 12.2 Å². The van der Waals surface area contributed by atoms with Crippen molar-refractivity contribution in [1.82, 2.24) is 10.6 Å². The summed E-state index contributed by atoms with van der Waals surface area (Å²) < 4.78 is 10.2. The molecule has 0 saturated carbocycles. The maximum atomic E-state index is 12.2. The Morgan fingerprint density at radius 3 is 2.75 bits per heavy atom. The third-order valence-electron chi connectivity index (χ3n) is 2.80. The lowest BCUT2D eigenvalue weighted by atomic mass is 9.96. The fourth-order valence-electron chi connectivity index (χ4n) is 1.74. The molecule has 0 aromatic carbocycles. The molecule has 1 rings (SSSR count). The van der Waals surface area contributed by atoms with Gasteiger partial charge >= 0.3 is 12.0 Å². The van der Waals surface area contributed by atoms with Crippen molar-refractivity contribution in [2.75, 3.05) is 20.3 Å². The zero-order valence-corrected chi connectivity index (χ0v) is 12.0. The molecule has 0 bridgehead atoms. The van der Waals surface area contributed by atoms with Gasteiger partial charge in [-0.1, -0.05) is 26.5 Å². The third kappa shape index (κ3) is 3.58. The summed E-state index contributed by atoms with van der Waals surface area (Å²) in [5.74, 6) is -0.748. The summed E-state index contributed by atoms with van der Waals surface area (Å²) in [5, 5.41) is 4.74. The third-order valence-corrected chi connectivity index (χ3v) is 2.80. The first kappa shape index (κ1) is 16.2. The summed E-state index contributed by atoms with van der Waals surface area (Å²) in [5.41, 5.74) is 4.18. The number of hydrogen-bond acceptors (Lipinski definition) is 5. The van der Waals surface area contributed by atoms with Gasteiger partial charge in [-0.15, -0.1) is 0 Å². The van der Waals surface area contributed by atoms with Gasteiger partial charge in [0, 0.05) is 24.3 Å². The number of methoxy groups -OCH3 is 1. The number of nitrogens with two attached hydrogens (primary N) is 1.